The molecule has 0 atom stereocenters. The van der Waals surface area contributed by atoms with Gasteiger partial charge in [-0.1, -0.05) is 35.3 Å². The van der Waals surface area contributed by atoms with Crippen LogP contribution in [0.4, 0.5) is 0 Å². The van der Waals surface area contributed by atoms with Gasteiger partial charge in [0, 0.05) is 10.6 Å². The predicted octanol–water partition coefficient (Wildman–Crippen LogP) is 5.07. The van der Waals surface area contributed by atoms with Crippen molar-refractivity contribution in [2.24, 2.45) is 0 Å². The number of carbonyl (C=O) groups excluding carboxylic acids is 1. The Hall–Kier alpha value is -3.40. The van der Waals surface area contributed by atoms with Gasteiger partial charge in [-0.15, -0.1) is 0 Å². The number of carbonyl (C=O) groups is 1. The highest BCUT2D eigenvalue weighted by Crippen LogP contribution is 2.40. The van der Waals surface area contributed by atoms with Crippen LogP contribution in [-0.4, -0.2) is 42.8 Å². The molecule has 11 heteroatoms. The number of nitrogens with one attached hydrogen (secondary N) is 1. The molecule has 0 fully saturated rings. The third kappa shape index (κ3) is 6.04. The van der Waals surface area contributed by atoms with Crippen molar-refractivity contribution in [3.8, 4) is 23.0 Å². The molecule has 0 aliphatic carbocycles. The van der Waals surface area contributed by atoms with Crippen LogP contribution in [0.5, 0.6) is 23.0 Å². The van der Waals surface area contributed by atoms with Crippen molar-refractivity contribution >= 4 is 50.8 Å². The molecule has 0 spiro atoms. The molecular weight excluding hydrogens is 529 g/mol. The number of ether oxygens (including phenoxy) is 4. The zero-order valence-electron chi connectivity index (χ0n) is 19.8. The minimum Gasteiger partial charge on any atom is -0.497 e. The van der Waals surface area contributed by atoms with Crippen LogP contribution in [0.15, 0.2) is 59.5 Å². The van der Waals surface area contributed by atoms with E-state index in [0.29, 0.717) is 22.6 Å². The Kier molecular flexibility index (Phi) is 8.73. The Morgan fingerprint density at radius 1 is 0.833 bits per heavy atom. The maximum Gasteiger partial charge on any atom is 0.265 e. The van der Waals surface area contributed by atoms with Crippen molar-refractivity contribution in [2.75, 3.05) is 28.4 Å². The summed E-state index contributed by atoms with van der Waals surface area (Å²) in [5, 5.41) is 0.124. The van der Waals surface area contributed by atoms with Crippen molar-refractivity contribution in [1.29, 1.82) is 0 Å². The average Bonchev–Trinajstić information content (AvgIpc) is 2.86. The van der Waals surface area contributed by atoms with Crippen molar-refractivity contribution in [2.45, 2.75) is 4.90 Å². The predicted molar refractivity (Wildman–Crippen MR) is 139 cm³/mol. The zero-order valence-corrected chi connectivity index (χ0v) is 22.1. The molecule has 190 valence electrons. The third-order valence-electron chi connectivity index (χ3n) is 5.06. The molecule has 0 radical (unpaired) electrons. The maximum absolute atomic E-state index is 13.4. The first-order valence-corrected chi connectivity index (χ1v) is 12.6. The van der Waals surface area contributed by atoms with E-state index in [1.807, 2.05) is 0 Å². The molecule has 3 rings (SSSR count). The number of methoxy groups -OCH3 is 4. The Labute approximate surface area is 219 Å². The molecule has 0 aliphatic rings. The Bertz CT molecular complexity index is 1380. The summed E-state index contributed by atoms with van der Waals surface area (Å²) in [7, 11) is 1.50. The van der Waals surface area contributed by atoms with E-state index < -0.39 is 15.9 Å². The van der Waals surface area contributed by atoms with E-state index in [2.05, 4.69) is 4.72 Å². The monoisotopic (exact) mass is 551 g/mol. The summed E-state index contributed by atoms with van der Waals surface area (Å²) in [6.07, 6.45) is 1.52. The van der Waals surface area contributed by atoms with Crippen molar-refractivity contribution in [3.63, 3.8) is 0 Å². The molecule has 3 aromatic rings. The first-order valence-electron chi connectivity index (χ1n) is 10.3. The Balaban J connectivity index is 2.14. The SMILES string of the molecule is COc1ccc(/C=C(/C(=O)NS(=O)(=O)c2ccc(Cl)cc2Cl)c2cc(OC)c(OC)c(OC)c2)cc1. The van der Waals surface area contributed by atoms with Crippen LogP contribution in [0.1, 0.15) is 11.1 Å². The van der Waals surface area contributed by atoms with Gasteiger partial charge in [0.15, 0.2) is 11.5 Å². The van der Waals surface area contributed by atoms with E-state index in [9.17, 15) is 13.2 Å². The van der Waals surface area contributed by atoms with E-state index in [4.69, 9.17) is 42.1 Å². The second-order valence-electron chi connectivity index (χ2n) is 7.25. The minimum absolute atomic E-state index is 0.00748. The number of sulfonamides is 1. The van der Waals surface area contributed by atoms with Crippen molar-refractivity contribution in [3.05, 3.63) is 75.8 Å². The molecule has 0 saturated heterocycles. The molecular formula is C25H23Cl2NO7S. The number of halogens is 2. The van der Waals surface area contributed by atoms with Crippen molar-refractivity contribution < 1.29 is 32.2 Å². The van der Waals surface area contributed by atoms with E-state index >= 15 is 0 Å². The van der Waals surface area contributed by atoms with Gasteiger partial charge in [0.05, 0.1) is 33.5 Å². The van der Waals surface area contributed by atoms with Gasteiger partial charge < -0.3 is 18.9 Å². The zero-order chi connectivity index (χ0) is 26.5. The summed E-state index contributed by atoms with van der Waals surface area (Å²) in [5.74, 6) is 0.582. The molecule has 3 aromatic carbocycles. The van der Waals surface area contributed by atoms with Gasteiger partial charge in [-0.25, -0.2) is 13.1 Å². The van der Waals surface area contributed by atoms with Gasteiger partial charge in [-0.05, 0) is 59.7 Å². The standard InChI is InChI=1S/C25H23Cl2NO7S/c1-32-18-8-5-15(6-9-18)11-19(16-12-21(33-2)24(35-4)22(13-16)34-3)25(29)28-36(30,31)23-10-7-17(26)14-20(23)27/h5-14H,1-4H3,(H,28,29)/b19-11+. The van der Waals surface area contributed by atoms with Crippen LogP contribution in [0, 0.1) is 0 Å². The summed E-state index contributed by atoms with van der Waals surface area (Å²) < 4.78 is 49.4. The van der Waals surface area contributed by atoms with Crippen LogP contribution in [0.25, 0.3) is 11.6 Å². The van der Waals surface area contributed by atoms with Gasteiger partial charge in [-0.3, -0.25) is 4.79 Å². The number of rotatable bonds is 9. The molecule has 0 aliphatic heterocycles. The smallest absolute Gasteiger partial charge is 0.265 e. The highest BCUT2D eigenvalue weighted by atomic mass is 35.5. The fraction of sp³-hybridized carbons (Fsp3) is 0.160. The number of benzene rings is 3. The summed E-state index contributed by atoms with van der Waals surface area (Å²) in [6, 6.07) is 13.8. The molecule has 0 bridgehead atoms. The lowest BCUT2D eigenvalue weighted by molar-refractivity contribution is -0.113. The fourth-order valence-electron chi connectivity index (χ4n) is 3.31. The Morgan fingerprint density at radius 3 is 1.94 bits per heavy atom. The lowest BCUT2D eigenvalue weighted by Gasteiger charge is -2.16. The highest BCUT2D eigenvalue weighted by Gasteiger charge is 2.25. The van der Waals surface area contributed by atoms with E-state index in [1.165, 1.54) is 64.8 Å². The normalized spacial score (nSPS) is 11.6. The van der Waals surface area contributed by atoms with Gasteiger partial charge in [0.25, 0.3) is 15.9 Å². The van der Waals surface area contributed by atoms with Crippen LogP contribution in [0.2, 0.25) is 10.0 Å². The highest BCUT2D eigenvalue weighted by molar-refractivity contribution is 7.90. The van der Waals surface area contributed by atoms with Crippen LogP contribution in [0.3, 0.4) is 0 Å². The number of amides is 1. The Morgan fingerprint density at radius 2 is 1.44 bits per heavy atom. The molecule has 0 heterocycles. The van der Waals surface area contributed by atoms with Gasteiger partial charge in [0.2, 0.25) is 5.75 Å². The van der Waals surface area contributed by atoms with Crippen LogP contribution < -0.4 is 23.7 Å². The van der Waals surface area contributed by atoms with Gasteiger partial charge in [0.1, 0.15) is 10.6 Å². The molecule has 0 aromatic heterocycles. The molecule has 36 heavy (non-hydrogen) atoms. The third-order valence-corrected chi connectivity index (χ3v) is 7.11. The second-order valence-corrected chi connectivity index (χ2v) is 9.75. The molecule has 1 amide bonds. The molecule has 8 nitrogen and oxygen atoms in total. The largest absolute Gasteiger partial charge is 0.497 e. The first-order chi connectivity index (χ1) is 17.1. The second kappa shape index (κ2) is 11.6. The van der Waals surface area contributed by atoms with E-state index in [0.717, 1.165) is 0 Å². The number of hydrogen-bond donors (Lipinski definition) is 1. The van der Waals surface area contributed by atoms with Crippen molar-refractivity contribution in [1.82, 2.24) is 4.72 Å². The van der Waals surface area contributed by atoms with E-state index in [1.54, 1.807) is 24.3 Å². The molecule has 0 saturated carbocycles. The van der Waals surface area contributed by atoms with Gasteiger partial charge >= 0.3 is 0 Å². The topological polar surface area (TPSA) is 100 Å². The quantitative estimate of drug-likeness (QED) is 0.292. The molecule has 0 unspecified atom stereocenters. The van der Waals surface area contributed by atoms with E-state index in [-0.39, 0.29) is 32.0 Å². The summed E-state index contributed by atoms with van der Waals surface area (Å²) in [6.45, 7) is 0. The average molecular weight is 552 g/mol. The summed E-state index contributed by atoms with van der Waals surface area (Å²) in [5.41, 5.74) is 0.930. The summed E-state index contributed by atoms with van der Waals surface area (Å²) in [4.78, 5) is 13.1. The minimum atomic E-state index is -4.35. The lowest BCUT2D eigenvalue weighted by Crippen LogP contribution is -2.31. The summed E-state index contributed by atoms with van der Waals surface area (Å²) >= 11 is 12.0. The fourth-order valence-corrected chi connectivity index (χ4v) is 5.05. The van der Waals surface area contributed by atoms with Gasteiger partial charge in [-0.2, -0.15) is 0 Å². The van der Waals surface area contributed by atoms with Crippen LogP contribution >= 0.6 is 23.2 Å². The molecule has 1 N–H and O–H groups in total. The van der Waals surface area contributed by atoms with Crippen LogP contribution in [-0.2, 0) is 14.8 Å². The first kappa shape index (κ1) is 27.2. The lowest BCUT2D eigenvalue weighted by atomic mass is 10.0. The number of hydrogen-bond acceptors (Lipinski definition) is 7. The maximum atomic E-state index is 13.4.